The molecule has 0 saturated carbocycles. The first-order valence-corrected chi connectivity index (χ1v) is 5.87. The van der Waals surface area contributed by atoms with Gasteiger partial charge in [0.05, 0.1) is 0 Å². The Hall–Kier alpha value is -0.0100. The molecule has 0 N–H and O–H groups in total. The van der Waals surface area contributed by atoms with E-state index < -0.39 is 0 Å². The summed E-state index contributed by atoms with van der Waals surface area (Å²) in [6, 6.07) is 0. The van der Waals surface area contributed by atoms with Gasteiger partial charge in [-0.3, -0.25) is 0 Å². The van der Waals surface area contributed by atoms with Crippen LogP contribution < -0.4 is 0 Å². The maximum atomic E-state index is 5.69. The molecule has 0 spiro atoms. The van der Waals surface area contributed by atoms with Gasteiger partial charge in [-0.25, -0.2) is 0 Å². The van der Waals surface area contributed by atoms with Crippen molar-refractivity contribution in [1.29, 1.82) is 0 Å². The minimum absolute atomic E-state index is 0.810. The molecule has 1 saturated heterocycles. The molecule has 1 aliphatic heterocycles. The SMILES string of the molecule is ClCCCN1CC2CC=CCC2C1. The summed E-state index contributed by atoms with van der Waals surface area (Å²) in [5.74, 6) is 2.70. The molecule has 74 valence electrons. The number of likely N-dealkylation sites (tertiary alicyclic amines) is 1. The van der Waals surface area contributed by atoms with Crippen LogP contribution >= 0.6 is 11.6 Å². The molecule has 0 aromatic carbocycles. The number of hydrogen-bond acceptors (Lipinski definition) is 1. The minimum atomic E-state index is 0.810. The van der Waals surface area contributed by atoms with E-state index in [0.717, 1.165) is 24.1 Å². The molecule has 1 heterocycles. The van der Waals surface area contributed by atoms with Crippen LogP contribution in [0.2, 0.25) is 0 Å². The van der Waals surface area contributed by atoms with E-state index in [0.29, 0.717) is 0 Å². The van der Waals surface area contributed by atoms with Gasteiger partial charge >= 0.3 is 0 Å². The molecular weight excluding hydrogens is 182 g/mol. The second-order valence-corrected chi connectivity index (χ2v) is 4.64. The highest BCUT2D eigenvalue weighted by atomic mass is 35.5. The van der Waals surface area contributed by atoms with Crippen molar-refractivity contribution in [2.75, 3.05) is 25.5 Å². The second-order valence-electron chi connectivity index (χ2n) is 4.27. The zero-order chi connectivity index (χ0) is 9.10. The molecule has 2 rings (SSSR count). The smallest absolute Gasteiger partial charge is 0.0235 e. The summed E-state index contributed by atoms with van der Waals surface area (Å²) in [5, 5.41) is 0. The average Bonchev–Trinajstić information content (AvgIpc) is 2.57. The van der Waals surface area contributed by atoms with Gasteiger partial charge in [-0.05, 0) is 37.6 Å². The Labute approximate surface area is 85.8 Å². The maximum Gasteiger partial charge on any atom is 0.0235 e. The van der Waals surface area contributed by atoms with Crippen molar-refractivity contribution in [3.63, 3.8) is 0 Å². The highest BCUT2D eigenvalue weighted by molar-refractivity contribution is 6.17. The molecule has 0 aromatic heterocycles. The summed E-state index contributed by atoms with van der Waals surface area (Å²) in [6.07, 6.45) is 8.47. The van der Waals surface area contributed by atoms with Crippen LogP contribution in [0.3, 0.4) is 0 Å². The van der Waals surface area contributed by atoms with Crippen LogP contribution in [0.25, 0.3) is 0 Å². The van der Waals surface area contributed by atoms with Gasteiger partial charge in [0.15, 0.2) is 0 Å². The highest BCUT2D eigenvalue weighted by Gasteiger charge is 2.31. The zero-order valence-corrected chi connectivity index (χ0v) is 8.84. The summed E-state index contributed by atoms with van der Waals surface area (Å²) in [6.45, 7) is 3.83. The average molecular weight is 200 g/mol. The summed E-state index contributed by atoms with van der Waals surface area (Å²) < 4.78 is 0. The third-order valence-corrected chi connectivity index (χ3v) is 3.57. The van der Waals surface area contributed by atoms with Crippen molar-refractivity contribution in [3.8, 4) is 0 Å². The fourth-order valence-corrected chi connectivity index (χ4v) is 2.70. The van der Waals surface area contributed by atoms with Gasteiger partial charge in [-0.15, -0.1) is 11.6 Å². The Morgan fingerprint density at radius 2 is 1.77 bits per heavy atom. The van der Waals surface area contributed by atoms with Crippen LogP contribution in [-0.2, 0) is 0 Å². The van der Waals surface area contributed by atoms with E-state index in [9.17, 15) is 0 Å². The predicted octanol–water partition coefficient (Wildman–Crippen LogP) is 2.51. The van der Waals surface area contributed by atoms with Crippen LogP contribution in [0.15, 0.2) is 12.2 Å². The molecule has 1 aliphatic carbocycles. The first kappa shape index (κ1) is 9.54. The van der Waals surface area contributed by atoms with E-state index in [1.807, 2.05) is 0 Å². The third kappa shape index (κ3) is 2.26. The molecule has 13 heavy (non-hydrogen) atoms. The van der Waals surface area contributed by atoms with Gasteiger partial charge in [-0.2, -0.15) is 0 Å². The van der Waals surface area contributed by atoms with Crippen LogP contribution in [0.4, 0.5) is 0 Å². The Balaban J connectivity index is 1.80. The molecule has 1 fully saturated rings. The molecule has 2 unspecified atom stereocenters. The number of allylic oxidation sites excluding steroid dienone is 2. The summed E-state index contributed by atoms with van der Waals surface area (Å²) in [4.78, 5) is 2.59. The summed E-state index contributed by atoms with van der Waals surface area (Å²) in [5.41, 5.74) is 0. The molecule has 2 heteroatoms. The molecule has 0 radical (unpaired) electrons. The predicted molar refractivity (Wildman–Crippen MR) is 57.1 cm³/mol. The van der Waals surface area contributed by atoms with Crippen molar-refractivity contribution in [1.82, 2.24) is 4.90 Å². The van der Waals surface area contributed by atoms with Gasteiger partial charge in [0.1, 0.15) is 0 Å². The largest absolute Gasteiger partial charge is 0.303 e. The molecular formula is C11H18ClN. The van der Waals surface area contributed by atoms with E-state index in [4.69, 9.17) is 11.6 Å². The fourth-order valence-electron chi connectivity index (χ4n) is 2.58. The van der Waals surface area contributed by atoms with Crippen molar-refractivity contribution in [2.24, 2.45) is 11.8 Å². The number of rotatable bonds is 3. The normalized spacial score (nSPS) is 33.6. The maximum absolute atomic E-state index is 5.69. The monoisotopic (exact) mass is 199 g/mol. The van der Waals surface area contributed by atoms with Crippen molar-refractivity contribution < 1.29 is 0 Å². The number of alkyl halides is 1. The van der Waals surface area contributed by atoms with E-state index >= 15 is 0 Å². The summed E-state index contributed by atoms with van der Waals surface area (Å²) >= 11 is 5.69. The number of fused-ring (bicyclic) bond motifs is 1. The molecule has 2 atom stereocenters. The van der Waals surface area contributed by atoms with Crippen LogP contribution in [0, 0.1) is 11.8 Å². The standard InChI is InChI=1S/C11H18ClN/c12-6-3-7-13-8-10-4-1-2-5-11(10)9-13/h1-2,10-11H,3-9H2. The van der Waals surface area contributed by atoms with E-state index in [1.54, 1.807) is 0 Å². The lowest BCUT2D eigenvalue weighted by molar-refractivity contribution is 0.323. The van der Waals surface area contributed by atoms with Crippen LogP contribution in [-0.4, -0.2) is 30.4 Å². The van der Waals surface area contributed by atoms with E-state index in [-0.39, 0.29) is 0 Å². The Bertz CT molecular complexity index is 175. The Kier molecular flexibility index (Phi) is 3.28. The van der Waals surface area contributed by atoms with Crippen LogP contribution in [0.1, 0.15) is 19.3 Å². The number of hydrogen-bond donors (Lipinski definition) is 0. The van der Waals surface area contributed by atoms with Gasteiger partial charge < -0.3 is 4.90 Å². The fraction of sp³-hybridized carbons (Fsp3) is 0.818. The second kappa shape index (κ2) is 4.47. The lowest BCUT2D eigenvalue weighted by Gasteiger charge is -2.18. The van der Waals surface area contributed by atoms with E-state index in [2.05, 4.69) is 17.1 Å². The number of nitrogens with zero attached hydrogens (tertiary/aromatic N) is 1. The Morgan fingerprint density at radius 1 is 1.15 bits per heavy atom. The quantitative estimate of drug-likeness (QED) is 0.499. The molecule has 0 aromatic rings. The number of halogens is 1. The lowest BCUT2D eigenvalue weighted by atomic mass is 9.86. The highest BCUT2D eigenvalue weighted by Crippen LogP contribution is 2.32. The summed E-state index contributed by atoms with van der Waals surface area (Å²) in [7, 11) is 0. The van der Waals surface area contributed by atoms with Gasteiger partial charge in [0.25, 0.3) is 0 Å². The minimum Gasteiger partial charge on any atom is -0.303 e. The van der Waals surface area contributed by atoms with Gasteiger partial charge in [0.2, 0.25) is 0 Å². The van der Waals surface area contributed by atoms with Crippen molar-refractivity contribution in [3.05, 3.63) is 12.2 Å². The van der Waals surface area contributed by atoms with E-state index in [1.165, 1.54) is 32.5 Å². The lowest BCUT2D eigenvalue weighted by Crippen LogP contribution is -2.22. The van der Waals surface area contributed by atoms with Gasteiger partial charge in [0, 0.05) is 19.0 Å². The molecule has 1 nitrogen and oxygen atoms in total. The van der Waals surface area contributed by atoms with Crippen LogP contribution in [0.5, 0.6) is 0 Å². The topological polar surface area (TPSA) is 3.24 Å². The molecule has 0 bridgehead atoms. The molecule has 2 aliphatic rings. The first-order valence-electron chi connectivity index (χ1n) is 5.33. The first-order chi connectivity index (χ1) is 6.40. The molecule has 0 amide bonds. The van der Waals surface area contributed by atoms with Crippen molar-refractivity contribution >= 4 is 11.6 Å². The van der Waals surface area contributed by atoms with Crippen molar-refractivity contribution in [2.45, 2.75) is 19.3 Å². The Morgan fingerprint density at radius 3 is 2.31 bits per heavy atom. The third-order valence-electron chi connectivity index (χ3n) is 3.30. The zero-order valence-electron chi connectivity index (χ0n) is 8.08. The van der Waals surface area contributed by atoms with Gasteiger partial charge in [-0.1, -0.05) is 12.2 Å².